The van der Waals surface area contributed by atoms with Crippen molar-refractivity contribution in [1.82, 2.24) is 4.90 Å². The van der Waals surface area contributed by atoms with Crippen molar-refractivity contribution in [2.24, 2.45) is 0 Å². The molecule has 0 bridgehead atoms. The maximum absolute atomic E-state index is 13.5. The predicted octanol–water partition coefficient (Wildman–Crippen LogP) is 6.11. The Hall–Kier alpha value is -3.44. The molecule has 0 amide bonds. The number of ether oxygens (including phenoxy) is 1. The van der Waals surface area contributed by atoms with Crippen molar-refractivity contribution in [3.8, 4) is 5.75 Å². The molecule has 0 atom stereocenters. The summed E-state index contributed by atoms with van der Waals surface area (Å²) in [5.41, 5.74) is 2.65. The Balaban J connectivity index is 1.56. The first-order valence-electron chi connectivity index (χ1n) is 11.3. The fourth-order valence-corrected chi connectivity index (χ4v) is 3.94. The quantitative estimate of drug-likeness (QED) is 0.276. The van der Waals surface area contributed by atoms with Gasteiger partial charge < -0.3 is 14.1 Å². The molecule has 170 valence electrons. The largest absolute Gasteiger partial charge is 0.492 e. The second-order valence-electron chi connectivity index (χ2n) is 7.93. The van der Waals surface area contributed by atoms with Crippen molar-refractivity contribution in [3.05, 3.63) is 101 Å². The Kier molecular flexibility index (Phi) is 7.20. The van der Waals surface area contributed by atoms with Gasteiger partial charge in [0.2, 0.25) is 0 Å². The lowest BCUT2D eigenvalue weighted by atomic mass is 9.97. The Morgan fingerprint density at radius 1 is 0.939 bits per heavy atom. The van der Waals surface area contributed by atoms with Crippen molar-refractivity contribution in [2.75, 3.05) is 26.2 Å². The number of furan rings is 1. The molecule has 0 saturated heterocycles. The molecule has 3 aromatic carbocycles. The summed E-state index contributed by atoms with van der Waals surface area (Å²) in [6.45, 7) is 7.71. The van der Waals surface area contributed by atoms with Crippen LogP contribution < -0.4 is 4.74 Å². The standard InChI is InChI=1S/C28H28FNO3/c1-3-30(4-2)17-18-32-23-15-11-21(12-16-23)28(31)27-24-7-5-6-8-25(24)33-26(27)19-20-9-13-22(29)14-10-20/h5-16H,3-4,17-19H2,1-2H3. The van der Waals surface area contributed by atoms with Gasteiger partial charge in [0.25, 0.3) is 0 Å². The molecule has 1 heterocycles. The molecule has 0 aliphatic rings. The minimum Gasteiger partial charge on any atom is -0.492 e. The summed E-state index contributed by atoms with van der Waals surface area (Å²) in [5.74, 6) is 0.917. The zero-order chi connectivity index (χ0) is 23.2. The van der Waals surface area contributed by atoms with Gasteiger partial charge >= 0.3 is 0 Å². The zero-order valence-electron chi connectivity index (χ0n) is 19.0. The van der Waals surface area contributed by atoms with Gasteiger partial charge in [-0.25, -0.2) is 4.39 Å². The van der Waals surface area contributed by atoms with Crippen LogP contribution in [0, 0.1) is 5.82 Å². The molecule has 0 fully saturated rings. The van der Waals surface area contributed by atoms with Gasteiger partial charge in [-0.3, -0.25) is 4.79 Å². The molecule has 0 saturated carbocycles. The topological polar surface area (TPSA) is 42.7 Å². The lowest BCUT2D eigenvalue weighted by Gasteiger charge is -2.18. The molecule has 4 rings (SSSR count). The summed E-state index contributed by atoms with van der Waals surface area (Å²) in [7, 11) is 0. The van der Waals surface area contributed by atoms with E-state index in [0.717, 1.165) is 36.3 Å². The van der Waals surface area contributed by atoms with Crippen molar-refractivity contribution < 1.29 is 18.3 Å². The SMILES string of the molecule is CCN(CC)CCOc1ccc(C(=O)c2c(Cc3ccc(F)cc3)oc3ccccc23)cc1. The highest BCUT2D eigenvalue weighted by molar-refractivity contribution is 6.16. The number of likely N-dealkylation sites (N-methyl/N-ethyl adjacent to an activating group) is 1. The van der Waals surface area contributed by atoms with Crippen LogP contribution in [0.3, 0.4) is 0 Å². The third-order valence-electron chi connectivity index (χ3n) is 5.86. The number of ketones is 1. The summed E-state index contributed by atoms with van der Waals surface area (Å²) in [5, 5.41) is 0.777. The summed E-state index contributed by atoms with van der Waals surface area (Å²) in [6.07, 6.45) is 0.405. The average molecular weight is 446 g/mol. The molecule has 0 N–H and O–H groups in total. The van der Waals surface area contributed by atoms with Crippen LogP contribution in [0.2, 0.25) is 0 Å². The normalized spacial score (nSPS) is 11.3. The van der Waals surface area contributed by atoms with E-state index in [2.05, 4.69) is 18.7 Å². The van der Waals surface area contributed by atoms with E-state index < -0.39 is 0 Å². The van der Waals surface area contributed by atoms with Gasteiger partial charge in [0.1, 0.15) is 29.5 Å². The molecule has 4 aromatic rings. The zero-order valence-corrected chi connectivity index (χ0v) is 19.0. The van der Waals surface area contributed by atoms with E-state index in [0.29, 0.717) is 35.5 Å². The minimum atomic E-state index is -0.293. The van der Waals surface area contributed by atoms with Crippen LogP contribution in [0.4, 0.5) is 4.39 Å². The van der Waals surface area contributed by atoms with Crippen LogP contribution in [-0.4, -0.2) is 36.9 Å². The van der Waals surface area contributed by atoms with Crippen LogP contribution >= 0.6 is 0 Å². The number of hydrogen-bond acceptors (Lipinski definition) is 4. The van der Waals surface area contributed by atoms with Gasteiger partial charge in [0.15, 0.2) is 5.78 Å². The summed E-state index contributed by atoms with van der Waals surface area (Å²) < 4.78 is 25.2. The summed E-state index contributed by atoms with van der Waals surface area (Å²) in [6, 6.07) is 21.0. The third kappa shape index (κ3) is 5.32. The smallest absolute Gasteiger partial charge is 0.197 e. The van der Waals surface area contributed by atoms with Gasteiger partial charge in [-0.05, 0) is 61.1 Å². The van der Waals surface area contributed by atoms with Crippen LogP contribution in [0.15, 0.2) is 77.2 Å². The highest BCUT2D eigenvalue weighted by Crippen LogP contribution is 2.30. The molecule has 0 radical (unpaired) electrons. The van der Waals surface area contributed by atoms with E-state index in [1.807, 2.05) is 36.4 Å². The number of benzene rings is 3. The van der Waals surface area contributed by atoms with E-state index >= 15 is 0 Å². The number of carbonyl (C=O) groups excluding carboxylic acids is 1. The molecule has 0 unspecified atom stereocenters. The molecule has 0 aliphatic carbocycles. The second-order valence-corrected chi connectivity index (χ2v) is 7.93. The molecule has 5 heteroatoms. The van der Waals surface area contributed by atoms with Crippen molar-refractivity contribution in [2.45, 2.75) is 20.3 Å². The number of hydrogen-bond donors (Lipinski definition) is 0. The Morgan fingerprint density at radius 3 is 2.33 bits per heavy atom. The van der Waals surface area contributed by atoms with E-state index in [1.165, 1.54) is 12.1 Å². The van der Waals surface area contributed by atoms with Crippen LogP contribution in [-0.2, 0) is 6.42 Å². The predicted molar refractivity (Wildman–Crippen MR) is 129 cm³/mol. The Morgan fingerprint density at radius 2 is 1.64 bits per heavy atom. The maximum Gasteiger partial charge on any atom is 0.197 e. The average Bonchev–Trinajstić information content (AvgIpc) is 3.21. The molecule has 33 heavy (non-hydrogen) atoms. The van der Waals surface area contributed by atoms with E-state index in [-0.39, 0.29) is 11.6 Å². The van der Waals surface area contributed by atoms with Crippen molar-refractivity contribution in [1.29, 1.82) is 0 Å². The monoisotopic (exact) mass is 445 g/mol. The maximum atomic E-state index is 13.5. The molecular weight excluding hydrogens is 417 g/mol. The van der Waals surface area contributed by atoms with Crippen LogP contribution in [0.25, 0.3) is 11.0 Å². The molecule has 0 spiro atoms. The fourth-order valence-electron chi connectivity index (χ4n) is 3.94. The summed E-state index contributed by atoms with van der Waals surface area (Å²) in [4.78, 5) is 15.8. The lowest BCUT2D eigenvalue weighted by molar-refractivity contribution is 0.103. The Bertz CT molecular complexity index is 1210. The molecular formula is C28H28FNO3. The number of para-hydroxylation sites is 1. The third-order valence-corrected chi connectivity index (χ3v) is 5.86. The molecule has 1 aromatic heterocycles. The van der Waals surface area contributed by atoms with E-state index in [4.69, 9.17) is 9.15 Å². The van der Waals surface area contributed by atoms with Gasteiger partial charge in [0.05, 0.1) is 5.56 Å². The number of fused-ring (bicyclic) bond motifs is 1. The summed E-state index contributed by atoms with van der Waals surface area (Å²) >= 11 is 0. The van der Waals surface area contributed by atoms with Crippen LogP contribution in [0.1, 0.15) is 41.1 Å². The number of halogens is 1. The first-order chi connectivity index (χ1) is 16.1. The number of nitrogens with zero attached hydrogens (tertiary/aromatic N) is 1. The minimum absolute atomic E-state index is 0.105. The first kappa shape index (κ1) is 22.7. The fraction of sp³-hybridized carbons (Fsp3) is 0.250. The number of carbonyl (C=O) groups is 1. The number of rotatable bonds is 10. The highest BCUT2D eigenvalue weighted by Gasteiger charge is 2.22. The first-order valence-corrected chi connectivity index (χ1v) is 11.3. The second kappa shape index (κ2) is 10.5. The van der Waals surface area contributed by atoms with Gasteiger partial charge in [-0.1, -0.05) is 44.2 Å². The van der Waals surface area contributed by atoms with Crippen molar-refractivity contribution in [3.63, 3.8) is 0 Å². The van der Waals surface area contributed by atoms with Crippen molar-refractivity contribution >= 4 is 16.8 Å². The highest BCUT2D eigenvalue weighted by atomic mass is 19.1. The van der Waals surface area contributed by atoms with E-state index in [9.17, 15) is 9.18 Å². The van der Waals surface area contributed by atoms with Gasteiger partial charge in [-0.2, -0.15) is 0 Å². The Labute approximate surface area is 193 Å². The van der Waals surface area contributed by atoms with E-state index in [1.54, 1.807) is 24.3 Å². The van der Waals surface area contributed by atoms with Gasteiger partial charge in [-0.15, -0.1) is 0 Å². The van der Waals surface area contributed by atoms with Gasteiger partial charge in [0, 0.05) is 23.9 Å². The molecule has 0 aliphatic heterocycles. The van der Waals surface area contributed by atoms with Crippen LogP contribution in [0.5, 0.6) is 5.75 Å². The molecule has 4 nitrogen and oxygen atoms in total. The lowest BCUT2D eigenvalue weighted by Crippen LogP contribution is -2.27.